The number of amidine groups is 1. The van der Waals surface area contributed by atoms with E-state index in [-0.39, 0.29) is 0 Å². The number of rotatable bonds is 1. The third-order valence-electron chi connectivity index (χ3n) is 1.80. The van der Waals surface area contributed by atoms with Crippen molar-refractivity contribution in [1.29, 1.82) is 0 Å². The molecule has 5 heteroatoms. The summed E-state index contributed by atoms with van der Waals surface area (Å²) in [6, 6.07) is 9.91. The molecule has 0 saturated heterocycles. The van der Waals surface area contributed by atoms with Crippen LogP contribution in [-0.4, -0.2) is 10.4 Å². The van der Waals surface area contributed by atoms with Crippen LogP contribution in [-0.2, 0) is 0 Å². The van der Waals surface area contributed by atoms with Gasteiger partial charge in [0, 0.05) is 0 Å². The fourth-order valence-corrected chi connectivity index (χ4v) is 1.49. The van der Waals surface area contributed by atoms with E-state index in [1.165, 1.54) is 4.52 Å². The van der Waals surface area contributed by atoms with E-state index in [1.54, 1.807) is 0 Å². The molecule has 0 spiro atoms. The summed E-state index contributed by atoms with van der Waals surface area (Å²) in [4.78, 5) is 0. The highest BCUT2D eigenvalue weighted by Gasteiger charge is 2.20. The Morgan fingerprint density at radius 1 is 1.31 bits per heavy atom. The van der Waals surface area contributed by atoms with Crippen LogP contribution in [0, 0.1) is 0 Å². The number of thiol groups is 1. The van der Waals surface area contributed by atoms with Crippen LogP contribution in [0.15, 0.2) is 35.4 Å². The molecule has 1 aromatic carbocycles. The summed E-state index contributed by atoms with van der Waals surface area (Å²) in [6.07, 6.45) is 0. The number of hydrazone groups is 1. The number of nitrogens with zero attached hydrogens (tertiary/aromatic N) is 3. The second-order valence-electron chi connectivity index (χ2n) is 2.70. The summed E-state index contributed by atoms with van der Waals surface area (Å²) >= 11 is 4.19. The summed E-state index contributed by atoms with van der Waals surface area (Å²) in [5, 5.41) is 5.88. The van der Waals surface area contributed by atoms with Crippen LogP contribution < -0.4 is 10.5 Å². The SMILES string of the molecule is CC1=NNN(S)N1c1ccccc1. The molecule has 68 valence electrons. The highest BCUT2D eigenvalue weighted by molar-refractivity contribution is 7.77. The average molecular weight is 194 g/mol. The predicted octanol–water partition coefficient (Wildman–Crippen LogP) is 1.41. The molecule has 0 aromatic heterocycles. The standard InChI is InChI=1S/C8H10N4S/c1-7-9-10-12(13)11(7)8-5-3-2-4-6-8/h2-6,10,13H,1H3. The second kappa shape index (κ2) is 3.27. The van der Waals surface area contributed by atoms with E-state index in [2.05, 4.69) is 23.5 Å². The van der Waals surface area contributed by atoms with Crippen LogP contribution in [0.1, 0.15) is 6.92 Å². The minimum atomic E-state index is 0.862. The van der Waals surface area contributed by atoms with Crippen molar-refractivity contribution in [2.45, 2.75) is 6.92 Å². The molecule has 0 unspecified atom stereocenters. The first kappa shape index (κ1) is 8.40. The maximum Gasteiger partial charge on any atom is 0.144 e. The Kier molecular flexibility index (Phi) is 2.12. The fourth-order valence-electron chi connectivity index (χ4n) is 1.21. The second-order valence-corrected chi connectivity index (χ2v) is 3.07. The number of para-hydroxylation sites is 1. The maximum atomic E-state index is 4.19. The van der Waals surface area contributed by atoms with Crippen molar-refractivity contribution in [3.05, 3.63) is 30.3 Å². The molecule has 0 amide bonds. The van der Waals surface area contributed by atoms with Gasteiger partial charge in [0.25, 0.3) is 0 Å². The van der Waals surface area contributed by atoms with E-state index in [9.17, 15) is 0 Å². The van der Waals surface area contributed by atoms with Crippen molar-refractivity contribution in [2.24, 2.45) is 5.10 Å². The number of benzene rings is 1. The van der Waals surface area contributed by atoms with Gasteiger partial charge in [0.1, 0.15) is 5.84 Å². The lowest BCUT2D eigenvalue weighted by atomic mass is 10.3. The topological polar surface area (TPSA) is 30.9 Å². The zero-order valence-electron chi connectivity index (χ0n) is 7.18. The van der Waals surface area contributed by atoms with Crippen LogP contribution >= 0.6 is 12.8 Å². The van der Waals surface area contributed by atoms with Crippen molar-refractivity contribution in [3.8, 4) is 0 Å². The van der Waals surface area contributed by atoms with Gasteiger partial charge in [-0.25, -0.2) is 10.5 Å². The molecule has 1 aliphatic rings. The summed E-state index contributed by atoms with van der Waals surface area (Å²) < 4.78 is 1.53. The highest BCUT2D eigenvalue weighted by atomic mass is 32.1. The lowest BCUT2D eigenvalue weighted by Gasteiger charge is -2.23. The molecule has 0 bridgehead atoms. The largest absolute Gasteiger partial charge is 0.230 e. The minimum absolute atomic E-state index is 0.862. The molecule has 4 nitrogen and oxygen atoms in total. The molecule has 1 N–H and O–H groups in total. The van der Waals surface area contributed by atoms with Gasteiger partial charge in [0.15, 0.2) is 0 Å². The number of hydrazine groups is 2. The quantitative estimate of drug-likeness (QED) is 0.663. The van der Waals surface area contributed by atoms with Crippen molar-refractivity contribution >= 4 is 24.3 Å². The van der Waals surface area contributed by atoms with Crippen LogP contribution in [0.4, 0.5) is 5.69 Å². The Balaban J connectivity index is 2.31. The minimum Gasteiger partial charge on any atom is -0.230 e. The third-order valence-corrected chi connectivity index (χ3v) is 2.07. The molecule has 13 heavy (non-hydrogen) atoms. The average Bonchev–Trinajstić information content (AvgIpc) is 2.48. The molecule has 0 atom stereocenters. The van der Waals surface area contributed by atoms with E-state index in [0.717, 1.165) is 11.5 Å². The number of hydrogen-bond acceptors (Lipinski definition) is 5. The van der Waals surface area contributed by atoms with E-state index in [0.29, 0.717) is 0 Å². The van der Waals surface area contributed by atoms with Crippen molar-refractivity contribution < 1.29 is 0 Å². The zero-order valence-corrected chi connectivity index (χ0v) is 8.07. The predicted molar refractivity (Wildman–Crippen MR) is 56.0 cm³/mol. The summed E-state index contributed by atoms with van der Waals surface area (Å²) in [5.74, 6) is 0.862. The monoisotopic (exact) mass is 194 g/mol. The Labute approximate surface area is 82.3 Å². The van der Waals surface area contributed by atoms with Gasteiger partial charge in [-0.05, 0) is 31.9 Å². The summed E-state index contributed by atoms with van der Waals surface area (Å²) in [7, 11) is 0. The zero-order chi connectivity index (χ0) is 9.26. The molecular formula is C8H10N4S. The molecule has 1 heterocycles. The van der Waals surface area contributed by atoms with Crippen molar-refractivity contribution in [2.75, 3.05) is 5.01 Å². The van der Waals surface area contributed by atoms with Gasteiger partial charge in [-0.15, -0.1) is 5.10 Å². The number of nitrogens with one attached hydrogen (secondary N) is 1. The normalized spacial score (nSPS) is 17.1. The molecule has 1 aromatic rings. The fraction of sp³-hybridized carbons (Fsp3) is 0.125. The Hall–Kier alpha value is -1.20. The molecule has 0 aliphatic carbocycles. The molecule has 0 fully saturated rings. The van der Waals surface area contributed by atoms with E-state index >= 15 is 0 Å². The van der Waals surface area contributed by atoms with E-state index in [1.807, 2.05) is 42.3 Å². The molecule has 2 rings (SSSR count). The van der Waals surface area contributed by atoms with Crippen molar-refractivity contribution in [1.82, 2.24) is 10.1 Å². The molecule has 1 aliphatic heterocycles. The van der Waals surface area contributed by atoms with E-state index < -0.39 is 0 Å². The van der Waals surface area contributed by atoms with Crippen LogP contribution in [0.2, 0.25) is 0 Å². The molecular weight excluding hydrogens is 184 g/mol. The Morgan fingerprint density at radius 3 is 2.54 bits per heavy atom. The van der Waals surface area contributed by atoms with Gasteiger partial charge in [0.2, 0.25) is 0 Å². The number of anilines is 1. The lowest BCUT2D eigenvalue weighted by molar-refractivity contribution is 0.416. The van der Waals surface area contributed by atoms with Crippen LogP contribution in [0.25, 0.3) is 0 Å². The Bertz CT molecular complexity index is 324. The summed E-state index contributed by atoms with van der Waals surface area (Å²) in [6.45, 7) is 1.91. The van der Waals surface area contributed by atoms with Gasteiger partial charge < -0.3 is 0 Å². The molecule has 0 radical (unpaired) electrons. The molecule has 0 saturated carbocycles. The third kappa shape index (κ3) is 1.48. The van der Waals surface area contributed by atoms with Gasteiger partial charge >= 0.3 is 0 Å². The highest BCUT2D eigenvalue weighted by Crippen LogP contribution is 2.19. The lowest BCUT2D eigenvalue weighted by Crippen LogP contribution is -2.38. The van der Waals surface area contributed by atoms with Crippen LogP contribution in [0.5, 0.6) is 0 Å². The smallest absolute Gasteiger partial charge is 0.144 e. The maximum absolute atomic E-state index is 4.19. The number of hydrogen-bond donors (Lipinski definition) is 2. The van der Waals surface area contributed by atoms with Crippen LogP contribution in [0.3, 0.4) is 0 Å². The van der Waals surface area contributed by atoms with Gasteiger partial charge in [-0.3, -0.25) is 0 Å². The van der Waals surface area contributed by atoms with Gasteiger partial charge in [-0.1, -0.05) is 22.7 Å². The Morgan fingerprint density at radius 2 is 2.00 bits per heavy atom. The van der Waals surface area contributed by atoms with Crippen molar-refractivity contribution in [3.63, 3.8) is 0 Å². The first-order valence-corrected chi connectivity index (χ1v) is 4.33. The first-order chi connectivity index (χ1) is 6.29. The summed E-state index contributed by atoms with van der Waals surface area (Å²) in [5.41, 5.74) is 3.76. The van der Waals surface area contributed by atoms with E-state index in [4.69, 9.17) is 0 Å². The van der Waals surface area contributed by atoms with Gasteiger partial charge in [0.05, 0.1) is 5.69 Å². The van der Waals surface area contributed by atoms with Gasteiger partial charge in [-0.2, -0.15) is 0 Å². The first-order valence-electron chi connectivity index (χ1n) is 3.93.